The quantitative estimate of drug-likeness (QED) is 0.163. The highest BCUT2D eigenvalue weighted by molar-refractivity contribution is 6.08. The zero-order valence-corrected chi connectivity index (χ0v) is 20.2. The van der Waals surface area contributed by atoms with E-state index in [4.69, 9.17) is 7.48 Å². The average molecular weight is 460 g/mol. The number of carbonyl (C=O) groups excluding carboxylic acids is 1. The number of hydrogen-bond donors (Lipinski definition) is 1. The number of anilines is 1. The van der Waals surface area contributed by atoms with Gasteiger partial charge in [0.1, 0.15) is 5.75 Å². The SMILES string of the molecule is [2H]C([2H])(CCCCCCCCCCCOc1ccc(C(=O)c2ccccc2)cc1)Nc1ccccc1. The van der Waals surface area contributed by atoms with Gasteiger partial charge in [0.15, 0.2) is 5.78 Å². The van der Waals surface area contributed by atoms with Crippen molar-refractivity contribution in [2.75, 3.05) is 18.4 Å². The predicted octanol–water partition coefficient (Wildman–Crippen LogP) is 8.31. The average Bonchev–Trinajstić information content (AvgIpc) is 2.90. The van der Waals surface area contributed by atoms with E-state index in [2.05, 4.69) is 5.32 Å². The topological polar surface area (TPSA) is 38.3 Å². The molecule has 0 aliphatic heterocycles. The largest absolute Gasteiger partial charge is 0.494 e. The first-order valence-electron chi connectivity index (χ1n) is 13.7. The number of unbranched alkanes of at least 4 members (excludes halogenated alkanes) is 8. The van der Waals surface area contributed by atoms with Crippen LogP contribution in [-0.4, -0.2) is 18.9 Å². The lowest BCUT2D eigenvalue weighted by molar-refractivity contribution is 0.103. The Hall–Kier alpha value is -3.07. The van der Waals surface area contributed by atoms with E-state index in [-0.39, 0.29) is 5.78 Å². The molecule has 0 aliphatic rings. The molecule has 0 atom stereocenters. The first-order chi connectivity index (χ1) is 17.5. The van der Waals surface area contributed by atoms with Crippen LogP contribution in [0.5, 0.6) is 5.75 Å². The fourth-order valence-corrected chi connectivity index (χ4v) is 3.89. The molecule has 0 aromatic heterocycles. The van der Waals surface area contributed by atoms with Gasteiger partial charge in [-0.15, -0.1) is 0 Å². The van der Waals surface area contributed by atoms with Crippen molar-refractivity contribution in [3.63, 3.8) is 0 Å². The summed E-state index contributed by atoms with van der Waals surface area (Å²) in [5.41, 5.74) is 2.21. The predicted molar refractivity (Wildman–Crippen MR) is 143 cm³/mol. The third-order valence-electron chi connectivity index (χ3n) is 5.87. The molecule has 0 bridgehead atoms. The summed E-state index contributed by atoms with van der Waals surface area (Å²) in [6.45, 7) is -0.657. The second kappa shape index (κ2) is 15.7. The first-order valence-corrected chi connectivity index (χ1v) is 12.7. The Balaban J connectivity index is 1.16. The molecule has 0 fully saturated rings. The third-order valence-corrected chi connectivity index (χ3v) is 5.87. The normalized spacial score (nSPS) is 12.0. The van der Waals surface area contributed by atoms with Gasteiger partial charge in [0.05, 0.1) is 6.61 Å². The van der Waals surface area contributed by atoms with Crippen molar-refractivity contribution in [3.8, 4) is 5.75 Å². The van der Waals surface area contributed by atoms with Crippen molar-refractivity contribution >= 4 is 11.5 Å². The number of rotatable bonds is 17. The van der Waals surface area contributed by atoms with Gasteiger partial charge >= 0.3 is 0 Å². The van der Waals surface area contributed by atoms with Crippen LogP contribution in [0.3, 0.4) is 0 Å². The lowest BCUT2D eigenvalue weighted by Gasteiger charge is -2.07. The molecule has 3 nitrogen and oxygen atoms in total. The molecule has 0 saturated heterocycles. The van der Waals surface area contributed by atoms with E-state index in [1.807, 2.05) is 84.9 Å². The van der Waals surface area contributed by atoms with E-state index in [0.717, 1.165) is 37.1 Å². The lowest BCUT2D eigenvalue weighted by atomic mass is 10.0. The molecule has 0 aliphatic carbocycles. The van der Waals surface area contributed by atoms with E-state index in [1.165, 1.54) is 32.1 Å². The van der Waals surface area contributed by atoms with Gasteiger partial charge in [0, 0.05) is 26.1 Å². The van der Waals surface area contributed by atoms with Gasteiger partial charge < -0.3 is 10.1 Å². The van der Waals surface area contributed by atoms with Gasteiger partial charge in [-0.2, -0.15) is 0 Å². The van der Waals surface area contributed by atoms with Gasteiger partial charge in [0.25, 0.3) is 0 Å². The molecule has 3 aromatic carbocycles. The maximum Gasteiger partial charge on any atom is 0.193 e. The van der Waals surface area contributed by atoms with Gasteiger partial charge in [-0.1, -0.05) is 99.9 Å². The van der Waals surface area contributed by atoms with Crippen LogP contribution in [0.25, 0.3) is 0 Å². The Labute approximate surface area is 208 Å². The van der Waals surface area contributed by atoms with E-state index in [9.17, 15) is 4.79 Å². The number of ketones is 1. The Morgan fingerprint density at radius 2 is 1.12 bits per heavy atom. The molecular formula is C31H39NO2. The monoisotopic (exact) mass is 459 g/mol. The highest BCUT2D eigenvalue weighted by atomic mass is 16.5. The van der Waals surface area contributed by atoms with Crippen LogP contribution >= 0.6 is 0 Å². The Morgan fingerprint density at radius 3 is 1.74 bits per heavy atom. The summed E-state index contributed by atoms with van der Waals surface area (Å²) in [7, 11) is 0. The molecule has 3 aromatic rings. The van der Waals surface area contributed by atoms with Crippen molar-refractivity contribution in [2.45, 2.75) is 64.2 Å². The molecule has 34 heavy (non-hydrogen) atoms. The minimum Gasteiger partial charge on any atom is -0.494 e. The van der Waals surface area contributed by atoms with Crippen LogP contribution in [0.1, 0.15) is 82.9 Å². The second-order valence-corrected chi connectivity index (χ2v) is 8.67. The number of ether oxygens (including phenoxy) is 1. The smallest absolute Gasteiger partial charge is 0.193 e. The van der Waals surface area contributed by atoms with Crippen LogP contribution in [0.2, 0.25) is 0 Å². The fraction of sp³-hybridized carbons (Fsp3) is 0.387. The van der Waals surface area contributed by atoms with Crippen LogP contribution in [0.4, 0.5) is 5.69 Å². The number of benzene rings is 3. The number of carbonyl (C=O) groups is 1. The third kappa shape index (κ3) is 9.82. The molecule has 0 unspecified atom stereocenters. The first kappa shape index (κ1) is 22.7. The highest BCUT2D eigenvalue weighted by Crippen LogP contribution is 2.17. The second-order valence-electron chi connectivity index (χ2n) is 8.67. The summed E-state index contributed by atoms with van der Waals surface area (Å²) in [5.74, 6) is 0.839. The van der Waals surface area contributed by atoms with Crippen molar-refractivity contribution in [2.24, 2.45) is 0 Å². The summed E-state index contributed by atoms with van der Waals surface area (Å²) in [5, 5.41) is 2.99. The van der Waals surface area contributed by atoms with E-state index < -0.39 is 6.50 Å². The molecular weight excluding hydrogens is 418 g/mol. The maximum absolute atomic E-state index is 12.5. The molecule has 1 N–H and O–H groups in total. The molecule has 0 spiro atoms. The standard InChI is InChI=1S/C31H39NO2/c33-31(27-17-11-9-12-18-27)28-21-23-30(24-22-28)34-26-16-8-6-4-2-1-3-5-7-15-25-32-29-19-13-10-14-20-29/h9-14,17-24,32H,1-8,15-16,25-26H2/i25D2. The molecule has 180 valence electrons. The Kier molecular flexibility index (Phi) is 10.5. The molecule has 3 heteroatoms. The highest BCUT2D eigenvalue weighted by Gasteiger charge is 2.08. The minimum atomic E-state index is -1.36. The number of hydrogen-bond acceptors (Lipinski definition) is 3. The summed E-state index contributed by atoms with van der Waals surface area (Å²) in [6.07, 6.45) is 10.8. The lowest BCUT2D eigenvalue weighted by Crippen LogP contribution is -2.01. The van der Waals surface area contributed by atoms with Gasteiger partial charge in [-0.3, -0.25) is 4.79 Å². The molecule has 0 amide bonds. The van der Waals surface area contributed by atoms with Crippen LogP contribution in [-0.2, 0) is 0 Å². The van der Waals surface area contributed by atoms with Crippen LogP contribution in [0.15, 0.2) is 84.9 Å². The van der Waals surface area contributed by atoms with Crippen molar-refractivity contribution < 1.29 is 12.3 Å². The summed E-state index contributed by atoms with van der Waals surface area (Å²) in [6, 6.07) is 26.3. The van der Waals surface area contributed by atoms with Gasteiger partial charge in [-0.25, -0.2) is 0 Å². The van der Waals surface area contributed by atoms with Crippen molar-refractivity contribution in [3.05, 3.63) is 96.1 Å². The molecule has 3 rings (SSSR count). The van der Waals surface area contributed by atoms with Gasteiger partial charge in [0.2, 0.25) is 0 Å². The van der Waals surface area contributed by atoms with E-state index in [1.54, 1.807) is 0 Å². The maximum atomic E-state index is 12.5. The minimum absolute atomic E-state index is 0.0307. The summed E-state index contributed by atoms with van der Waals surface area (Å²) < 4.78 is 22.1. The zero-order chi connectivity index (χ0) is 25.5. The Morgan fingerprint density at radius 1 is 0.618 bits per heavy atom. The van der Waals surface area contributed by atoms with Gasteiger partial charge in [-0.05, 0) is 49.2 Å². The van der Waals surface area contributed by atoms with Crippen LogP contribution in [0, 0.1) is 0 Å². The molecule has 0 radical (unpaired) electrons. The van der Waals surface area contributed by atoms with E-state index >= 15 is 0 Å². The number of nitrogens with one attached hydrogen (secondary N) is 1. The number of para-hydroxylation sites is 1. The molecule has 0 heterocycles. The van der Waals surface area contributed by atoms with Crippen molar-refractivity contribution in [1.82, 2.24) is 0 Å². The Bertz CT molecular complexity index is 1010. The fourth-order valence-electron chi connectivity index (χ4n) is 3.89. The molecule has 0 saturated carbocycles. The zero-order valence-electron chi connectivity index (χ0n) is 22.2. The summed E-state index contributed by atoms with van der Waals surface area (Å²) in [4.78, 5) is 12.5. The van der Waals surface area contributed by atoms with Crippen LogP contribution < -0.4 is 10.1 Å². The van der Waals surface area contributed by atoms with Crippen molar-refractivity contribution in [1.29, 1.82) is 0 Å². The van der Waals surface area contributed by atoms with E-state index in [0.29, 0.717) is 24.2 Å². The summed E-state index contributed by atoms with van der Waals surface area (Å²) >= 11 is 0.